The number of methoxy groups -OCH3 is 2. The summed E-state index contributed by atoms with van der Waals surface area (Å²) >= 11 is 6.43. The van der Waals surface area contributed by atoms with Gasteiger partial charge in [-0.1, -0.05) is 15.9 Å². The van der Waals surface area contributed by atoms with E-state index in [-0.39, 0.29) is 27.6 Å². The Balaban J connectivity index is 2.58. The predicted octanol–water partition coefficient (Wildman–Crippen LogP) is 3.13. The number of benzene rings is 2. The zero-order valence-corrected chi connectivity index (χ0v) is 17.2. The number of halogens is 2. The first kappa shape index (κ1) is 19.5. The Morgan fingerprint density at radius 3 is 2.24 bits per heavy atom. The lowest BCUT2D eigenvalue weighted by molar-refractivity contribution is 0.100. The summed E-state index contributed by atoms with van der Waals surface area (Å²) in [6.45, 7) is 0. The molecule has 0 atom stereocenters. The van der Waals surface area contributed by atoms with Crippen molar-refractivity contribution in [2.75, 3.05) is 18.9 Å². The summed E-state index contributed by atoms with van der Waals surface area (Å²) in [4.78, 5) is 11.7. The number of sulfonamides is 1. The van der Waals surface area contributed by atoms with Crippen LogP contribution in [-0.4, -0.2) is 28.5 Å². The molecule has 25 heavy (non-hydrogen) atoms. The van der Waals surface area contributed by atoms with Crippen LogP contribution < -0.4 is 19.9 Å². The zero-order valence-electron chi connectivity index (χ0n) is 13.2. The third-order valence-corrected chi connectivity index (χ3v) is 6.07. The average molecular weight is 494 g/mol. The van der Waals surface area contributed by atoms with Crippen molar-refractivity contribution < 1.29 is 22.7 Å². The highest BCUT2D eigenvalue weighted by Crippen LogP contribution is 2.35. The lowest BCUT2D eigenvalue weighted by atomic mass is 10.1. The molecule has 0 heterocycles. The van der Waals surface area contributed by atoms with Crippen molar-refractivity contribution in [1.29, 1.82) is 0 Å². The third kappa shape index (κ3) is 4.25. The van der Waals surface area contributed by atoms with E-state index in [0.29, 0.717) is 8.95 Å². The summed E-state index contributed by atoms with van der Waals surface area (Å²) in [6, 6.07) is 7.35. The van der Waals surface area contributed by atoms with E-state index < -0.39 is 15.9 Å². The smallest absolute Gasteiger partial charge is 0.263 e. The standard InChI is InChI=1S/C15H14Br2N2O5S/c1-23-12-6-9(15(18)20)11(7-13(12)24-2)19-25(21,22)14-5-8(16)3-4-10(14)17/h3-7,19H,1-2H3,(H2,18,20). The van der Waals surface area contributed by atoms with E-state index >= 15 is 0 Å². The van der Waals surface area contributed by atoms with Gasteiger partial charge in [-0.2, -0.15) is 0 Å². The maximum atomic E-state index is 12.7. The molecule has 0 radical (unpaired) electrons. The topological polar surface area (TPSA) is 108 Å². The maximum absolute atomic E-state index is 12.7. The van der Waals surface area contributed by atoms with Gasteiger partial charge in [0.2, 0.25) is 0 Å². The van der Waals surface area contributed by atoms with Gasteiger partial charge in [0, 0.05) is 15.0 Å². The molecule has 0 fully saturated rings. The molecule has 134 valence electrons. The Labute approximate surface area is 161 Å². The van der Waals surface area contributed by atoms with Crippen LogP contribution in [0.15, 0.2) is 44.2 Å². The Kier molecular flexibility index (Phi) is 5.96. The van der Waals surface area contributed by atoms with Gasteiger partial charge in [-0.25, -0.2) is 8.42 Å². The summed E-state index contributed by atoms with van der Waals surface area (Å²) in [6.07, 6.45) is 0. The number of hydrogen-bond donors (Lipinski definition) is 2. The van der Waals surface area contributed by atoms with E-state index in [1.165, 1.54) is 32.4 Å². The summed E-state index contributed by atoms with van der Waals surface area (Å²) in [5, 5.41) is 0. The number of nitrogens with two attached hydrogens (primary N) is 1. The summed E-state index contributed by atoms with van der Waals surface area (Å²) in [5.41, 5.74) is 5.29. The number of carbonyl (C=O) groups is 1. The lowest BCUT2D eigenvalue weighted by Crippen LogP contribution is -2.19. The van der Waals surface area contributed by atoms with Crippen LogP contribution in [0, 0.1) is 0 Å². The van der Waals surface area contributed by atoms with Crippen LogP contribution in [0.2, 0.25) is 0 Å². The molecule has 0 aliphatic heterocycles. The fourth-order valence-corrected chi connectivity index (χ4v) is 4.62. The summed E-state index contributed by atoms with van der Waals surface area (Å²) < 4.78 is 39.0. The van der Waals surface area contributed by atoms with Crippen molar-refractivity contribution in [3.05, 3.63) is 44.8 Å². The fraction of sp³-hybridized carbons (Fsp3) is 0.133. The largest absolute Gasteiger partial charge is 0.493 e. The molecule has 2 rings (SSSR count). The number of primary amides is 1. The molecule has 2 aromatic carbocycles. The van der Waals surface area contributed by atoms with Gasteiger partial charge in [0.05, 0.1) is 25.5 Å². The first-order chi connectivity index (χ1) is 11.7. The Bertz CT molecular complexity index is 932. The predicted molar refractivity (Wildman–Crippen MR) is 101 cm³/mol. The number of rotatable bonds is 6. The first-order valence-electron chi connectivity index (χ1n) is 6.73. The average Bonchev–Trinajstić information content (AvgIpc) is 2.55. The Hall–Kier alpha value is -1.78. The SMILES string of the molecule is COc1cc(NS(=O)(=O)c2cc(Br)ccc2Br)c(C(N)=O)cc1OC. The number of hydrogen-bond acceptors (Lipinski definition) is 5. The monoisotopic (exact) mass is 492 g/mol. The number of amides is 1. The van der Waals surface area contributed by atoms with Gasteiger partial charge in [-0.3, -0.25) is 9.52 Å². The molecular weight excluding hydrogens is 480 g/mol. The highest BCUT2D eigenvalue weighted by atomic mass is 79.9. The van der Waals surface area contributed by atoms with E-state index in [1.54, 1.807) is 12.1 Å². The normalized spacial score (nSPS) is 11.0. The second-order valence-corrected chi connectivity index (χ2v) is 8.22. The van der Waals surface area contributed by atoms with E-state index in [2.05, 4.69) is 36.6 Å². The quantitative estimate of drug-likeness (QED) is 0.642. The fourth-order valence-electron chi connectivity index (χ4n) is 2.05. The van der Waals surface area contributed by atoms with Crippen molar-refractivity contribution >= 4 is 53.5 Å². The molecule has 1 amide bonds. The van der Waals surface area contributed by atoms with Crippen LogP contribution in [0.3, 0.4) is 0 Å². The van der Waals surface area contributed by atoms with E-state index in [4.69, 9.17) is 15.2 Å². The van der Waals surface area contributed by atoms with Crippen LogP contribution in [0.25, 0.3) is 0 Å². The maximum Gasteiger partial charge on any atom is 0.263 e. The van der Waals surface area contributed by atoms with Crippen molar-refractivity contribution in [2.45, 2.75) is 4.90 Å². The van der Waals surface area contributed by atoms with Crippen molar-refractivity contribution in [2.24, 2.45) is 5.73 Å². The van der Waals surface area contributed by atoms with Crippen LogP contribution in [-0.2, 0) is 10.0 Å². The van der Waals surface area contributed by atoms with Crippen LogP contribution >= 0.6 is 31.9 Å². The minimum absolute atomic E-state index is 0.00733. The molecule has 0 spiro atoms. The minimum Gasteiger partial charge on any atom is -0.493 e. The van der Waals surface area contributed by atoms with Crippen LogP contribution in [0.1, 0.15) is 10.4 Å². The molecule has 0 saturated heterocycles. The molecule has 2 aromatic rings. The van der Waals surface area contributed by atoms with Gasteiger partial charge in [0.25, 0.3) is 15.9 Å². The van der Waals surface area contributed by atoms with Gasteiger partial charge in [-0.15, -0.1) is 0 Å². The molecule has 0 aliphatic carbocycles. The molecule has 0 bridgehead atoms. The highest BCUT2D eigenvalue weighted by Gasteiger charge is 2.23. The summed E-state index contributed by atoms with van der Waals surface area (Å²) in [5.74, 6) is -0.312. The number of anilines is 1. The summed E-state index contributed by atoms with van der Waals surface area (Å²) in [7, 11) is -1.21. The van der Waals surface area contributed by atoms with Crippen LogP contribution in [0.4, 0.5) is 5.69 Å². The van der Waals surface area contributed by atoms with E-state index in [0.717, 1.165) is 0 Å². The molecule has 3 N–H and O–H groups in total. The van der Waals surface area contributed by atoms with E-state index in [9.17, 15) is 13.2 Å². The number of nitrogens with one attached hydrogen (secondary N) is 1. The van der Waals surface area contributed by atoms with Gasteiger partial charge in [0.15, 0.2) is 11.5 Å². The molecular formula is C15H14Br2N2O5S. The van der Waals surface area contributed by atoms with Gasteiger partial charge in [-0.05, 0) is 40.2 Å². The minimum atomic E-state index is -4.00. The van der Waals surface area contributed by atoms with Crippen LogP contribution in [0.5, 0.6) is 11.5 Å². The van der Waals surface area contributed by atoms with Gasteiger partial charge >= 0.3 is 0 Å². The first-order valence-corrected chi connectivity index (χ1v) is 9.80. The Morgan fingerprint density at radius 2 is 1.68 bits per heavy atom. The molecule has 7 nitrogen and oxygen atoms in total. The molecule has 0 saturated carbocycles. The second kappa shape index (κ2) is 7.63. The zero-order chi connectivity index (χ0) is 18.8. The van der Waals surface area contributed by atoms with Gasteiger partial charge in [0.1, 0.15) is 4.90 Å². The molecule has 10 heteroatoms. The van der Waals surface area contributed by atoms with Gasteiger partial charge < -0.3 is 15.2 Å². The number of ether oxygens (including phenoxy) is 2. The highest BCUT2D eigenvalue weighted by molar-refractivity contribution is 9.11. The van der Waals surface area contributed by atoms with E-state index in [1.807, 2.05) is 0 Å². The third-order valence-electron chi connectivity index (χ3n) is 3.22. The molecule has 0 unspecified atom stereocenters. The second-order valence-electron chi connectivity index (χ2n) is 4.80. The molecule has 0 aliphatic rings. The number of carbonyl (C=O) groups excluding carboxylic acids is 1. The lowest BCUT2D eigenvalue weighted by Gasteiger charge is -2.15. The van der Waals surface area contributed by atoms with Crippen molar-refractivity contribution in [3.8, 4) is 11.5 Å². The Morgan fingerprint density at radius 1 is 1.08 bits per heavy atom. The van der Waals surface area contributed by atoms with Crippen molar-refractivity contribution in [1.82, 2.24) is 0 Å². The molecule has 0 aromatic heterocycles. The van der Waals surface area contributed by atoms with Crippen molar-refractivity contribution in [3.63, 3.8) is 0 Å².